The van der Waals surface area contributed by atoms with Gasteiger partial charge in [-0.15, -0.1) is 0 Å². The van der Waals surface area contributed by atoms with Crippen LogP contribution in [0.1, 0.15) is 32.3 Å². The van der Waals surface area contributed by atoms with Crippen LogP contribution >= 0.6 is 0 Å². The molecule has 0 saturated carbocycles. The fraction of sp³-hybridized carbons (Fsp3) is 0.368. The Kier molecular flexibility index (Phi) is 6.70. The highest BCUT2D eigenvalue weighted by atomic mass is 16.5. The fourth-order valence-corrected chi connectivity index (χ4v) is 2.55. The van der Waals surface area contributed by atoms with Crippen LogP contribution < -0.4 is 10.7 Å². The number of carbonyl (C=O) groups excluding carboxylic acids is 4. The average molecular weight is 373 g/mol. The molecule has 0 radical (unpaired) electrons. The van der Waals surface area contributed by atoms with Crippen molar-refractivity contribution < 1.29 is 23.9 Å². The second-order valence-corrected chi connectivity index (χ2v) is 6.34. The minimum absolute atomic E-state index is 0.380. The zero-order valence-electron chi connectivity index (χ0n) is 15.4. The highest BCUT2D eigenvalue weighted by molar-refractivity contribution is 6.07. The Hall–Kier alpha value is -3.16. The lowest BCUT2D eigenvalue weighted by Crippen LogP contribution is -2.49. The summed E-state index contributed by atoms with van der Waals surface area (Å²) in [5, 5.41) is 3.23. The molecule has 1 fully saturated rings. The third-order valence-electron chi connectivity index (χ3n) is 4.09. The van der Waals surface area contributed by atoms with E-state index < -0.39 is 36.0 Å². The van der Waals surface area contributed by atoms with Crippen molar-refractivity contribution in [3.8, 4) is 0 Å². The van der Waals surface area contributed by atoms with Gasteiger partial charge in [-0.25, -0.2) is 9.59 Å². The summed E-state index contributed by atoms with van der Waals surface area (Å²) in [6.45, 7) is 2.87. The number of nitrogens with one attached hydrogen (secondary N) is 2. The molecule has 1 aliphatic heterocycles. The topological polar surface area (TPSA) is 105 Å². The Bertz CT molecular complexity index is 747. The van der Waals surface area contributed by atoms with E-state index in [9.17, 15) is 19.2 Å². The monoisotopic (exact) mass is 373 g/mol. The van der Waals surface area contributed by atoms with E-state index in [0.717, 1.165) is 5.56 Å². The van der Waals surface area contributed by atoms with Crippen molar-refractivity contribution in [2.24, 2.45) is 0 Å². The number of allylic oxidation sites excluding steroid dienone is 1. The van der Waals surface area contributed by atoms with Crippen LogP contribution in [0.15, 0.2) is 42.5 Å². The Morgan fingerprint density at radius 2 is 1.96 bits per heavy atom. The normalized spacial score (nSPS) is 19.3. The molecule has 1 aromatic carbocycles. The van der Waals surface area contributed by atoms with E-state index in [4.69, 9.17) is 4.74 Å². The van der Waals surface area contributed by atoms with Gasteiger partial charge in [-0.1, -0.05) is 43.3 Å². The van der Waals surface area contributed by atoms with E-state index in [-0.39, 0.29) is 0 Å². The molecule has 1 saturated heterocycles. The molecule has 0 spiro atoms. The van der Waals surface area contributed by atoms with Crippen LogP contribution in [0.25, 0.3) is 0 Å². The number of hydrogen-bond acceptors (Lipinski definition) is 5. The number of imide groups is 1. The van der Waals surface area contributed by atoms with Gasteiger partial charge in [-0.3, -0.25) is 15.0 Å². The number of hydrazine groups is 1. The SMILES string of the molecule is CC/C=C/C(=O)OCC(=O)NN1C(=O)N[C@@](C)(CCc2ccccc2)C1=O. The van der Waals surface area contributed by atoms with Crippen LogP contribution in [0.2, 0.25) is 0 Å². The summed E-state index contributed by atoms with van der Waals surface area (Å²) in [7, 11) is 0. The number of esters is 1. The van der Waals surface area contributed by atoms with Crippen molar-refractivity contribution in [1.29, 1.82) is 0 Å². The number of amides is 4. The van der Waals surface area contributed by atoms with E-state index in [2.05, 4.69) is 10.7 Å². The van der Waals surface area contributed by atoms with Gasteiger partial charge in [0.15, 0.2) is 6.61 Å². The Balaban J connectivity index is 1.89. The number of nitrogens with zero attached hydrogens (tertiary/aromatic N) is 1. The molecule has 1 aromatic rings. The van der Waals surface area contributed by atoms with Gasteiger partial charge in [0.1, 0.15) is 5.54 Å². The van der Waals surface area contributed by atoms with Gasteiger partial charge in [0.05, 0.1) is 0 Å². The maximum atomic E-state index is 12.6. The number of carbonyl (C=O) groups is 4. The number of rotatable bonds is 8. The summed E-state index contributed by atoms with van der Waals surface area (Å²) < 4.78 is 4.74. The lowest BCUT2D eigenvalue weighted by Gasteiger charge is -2.21. The van der Waals surface area contributed by atoms with Crippen LogP contribution in [0.3, 0.4) is 0 Å². The predicted molar refractivity (Wildman–Crippen MR) is 97.1 cm³/mol. The van der Waals surface area contributed by atoms with Crippen molar-refractivity contribution in [2.75, 3.05) is 6.61 Å². The smallest absolute Gasteiger partial charge is 0.344 e. The molecule has 8 nitrogen and oxygen atoms in total. The Labute approximate surface area is 157 Å². The van der Waals surface area contributed by atoms with Crippen LogP contribution in [0, 0.1) is 0 Å². The summed E-state index contributed by atoms with van der Waals surface area (Å²) in [5.74, 6) is -2.00. The quantitative estimate of drug-likeness (QED) is 0.408. The number of hydrogen-bond donors (Lipinski definition) is 2. The molecule has 144 valence electrons. The summed E-state index contributed by atoms with van der Waals surface area (Å²) in [4.78, 5) is 47.9. The van der Waals surface area contributed by atoms with Gasteiger partial charge in [-0.05, 0) is 31.7 Å². The van der Waals surface area contributed by atoms with Gasteiger partial charge in [-0.2, -0.15) is 5.01 Å². The molecule has 0 aromatic heterocycles. The summed E-state index contributed by atoms with van der Waals surface area (Å²) in [6, 6.07) is 8.85. The molecule has 2 rings (SSSR count). The van der Waals surface area contributed by atoms with Gasteiger partial charge < -0.3 is 10.1 Å². The summed E-state index contributed by atoms with van der Waals surface area (Å²) in [6.07, 6.45) is 4.43. The van der Waals surface area contributed by atoms with Crippen molar-refractivity contribution in [3.05, 3.63) is 48.0 Å². The van der Waals surface area contributed by atoms with Gasteiger partial charge in [0.25, 0.3) is 11.8 Å². The molecule has 4 amide bonds. The third-order valence-corrected chi connectivity index (χ3v) is 4.09. The first-order valence-electron chi connectivity index (χ1n) is 8.69. The number of aryl methyl sites for hydroxylation is 1. The molecular formula is C19H23N3O5. The Morgan fingerprint density at radius 3 is 2.63 bits per heavy atom. The lowest BCUT2D eigenvalue weighted by atomic mass is 9.93. The summed E-state index contributed by atoms with van der Waals surface area (Å²) in [5.41, 5.74) is 2.09. The van der Waals surface area contributed by atoms with Crippen LogP contribution in [-0.4, -0.2) is 41.0 Å². The molecule has 8 heteroatoms. The van der Waals surface area contributed by atoms with Crippen LogP contribution in [0.4, 0.5) is 4.79 Å². The van der Waals surface area contributed by atoms with Crippen LogP contribution in [-0.2, 0) is 25.5 Å². The highest BCUT2D eigenvalue weighted by Gasteiger charge is 2.48. The van der Waals surface area contributed by atoms with E-state index >= 15 is 0 Å². The first-order chi connectivity index (χ1) is 12.9. The maximum Gasteiger partial charge on any atom is 0.344 e. The van der Waals surface area contributed by atoms with Gasteiger partial charge in [0.2, 0.25) is 0 Å². The average Bonchev–Trinajstić information content (AvgIpc) is 2.87. The lowest BCUT2D eigenvalue weighted by molar-refractivity contribution is -0.147. The van der Waals surface area contributed by atoms with Crippen molar-refractivity contribution >= 4 is 23.8 Å². The first kappa shape index (κ1) is 20.2. The fourth-order valence-electron chi connectivity index (χ4n) is 2.55. The third kappa shape index (κ3) is 5.40. The second-order valence-electron chi connectivity index (χ2n) is 6.34. The summed E-state index contributed by atoms with van der Waals surface area (Å²) >= 11 is 0. The van der Waals surface area contributed by atoms with Gasteiger partial charge >= 0.3 is 12.0 Å². The highest BCUT2D eigenvalue weighted by Crippen LogP contribution is 2.22. The second kappa shape index (κ2) is 8.98. The maximum absolute atomic E-state index is 12.6. The zero-order chi connectivity index (χ0) is 19.9. The molecule has 0 aliphatic carbocycles. The molecule has 2 N–H and O–H groups in total. The molecule has 0 bridgehead atoms. The number of urea groups is 1. The van der Waals surface area contributed by atoms with E-state index in [1.165, 1.54) is 6.08 Å². The molecule has 27 heavy (non-hydrogen) atoms. The zero-order valence-corrected chi connectivity index (χ0v) is 15.4. The largest absolute Gasteiger partial charge is 0.452 e. The van der Waals surface area contributed by atoms with E-state index in [1.807, 2.05) is 37.3 Å². The minimum atomic E-state index is -1.12. The van der Waals surface area contributed by atoms with Crippen LogP contribution in [0.5, 0.6) is 0 Å². The van der Waals surface area contributed by atoms with E-state index in [0.29, 0.717) is 24.3 Å². The molecule has 1 atom stereocenters. The minimum Gasteiger partial charge on any atom is -0.452 e. The van der Waals surface area contributed by atoms with Crippen molar-refractivity contribution in [2.45, 2.75) is 38.6 Å². The van der Waals surface area contributed by atoms with Gasteiger partial charge in [0, 0.05) is 6.08 Å². The molecule has 1 aliphatic rings. The number of ether oxygens (including phenoxy) is 1. The van der Waals surface area contributed by atoms with E-state index in [1.54, 1.807) is 13.0 Å². The Morgan fingerprint density at radius 1 is 1.26 bits per heavy atom. The predicted octanol–water partition coefficient (Wildman–Crippen LogP) is 1.47. The molecular weight excluding hydrogens is 350 g/mol. The molecule has 1 heterocycles. The molecule has 0 unspecified atom stereocenters. The van der Waals surface area contributed by atoms with Crippen molar-refractivity contribution in [3.63, 3.8) is 0 Å². The van der Waals surface area contributed by atoms with Crippen molar-refractivity contribution in [1.82, 2.24) is 15.8 Å². The standard InChI is InChI=1S/C19H23N3O5/c1-3-4-10-16(24)27-13-15(23)21-22-17(25)19(2,20-18(22)26)12-11-14-8-6-5-7-9-14/h4-10H,3,11-13H2,1-2H3,(H,20,26)(H,21,23)/b10-4+/t19-/m0/s1. The first-order valence-corrected chi connectivity index (χ1v) is 8.69. The number of benzene rings is 1.